The molecule has 0 saturated heterocycles. The van der Waals surface area contributed by atoms with Crippen molar-refractivity contribution in [1.29, 1.82) is 0 Å². The van der Waals surface area contributed by atoms with Gasteiger partial charge in [-0.3, -0.25) is 4.79 Å². The van der Waals surface area contributed by atoms with Crippen LogP contribution in [0.3, 0.4) is 0 Å². The van der Waals surface area contributed by atoms with Crippen molar-refractivity contribution in [3.8, 4) is 11.5 Å². The summed E-state index contributed by atoms with van der Waals surface area (Å²) in [6, 6.07) is 5.95. The van der Waals surface area contributed by atoms with Gasteiger partial charge in [-0.2, -0.15) is 0 Å². The highest BCUT2D eigenvalue weighted by Crippen LogP contribution is 2.31. The van der Waals surface area contributed by atoms with Gasteiger partial charge in [-0.05, 0) is 24.3 Å². The summed E-state index contributed by atoms with van der Waals surface area (Å²) < 4.78 is 10.2. The lowest BCUT2D eigenvalue weighted by Gasteiger charge is -2.09. The quantitative estimate of drug-likeness (QED) is 0.746. The van der Waals surface area contributed by atoms with E-state index in [4.69, 9.17) is 19.7 Å². The molecule has 0 unspecified atom stereocenters. The van der Waals surface area contributed by atoms with Gasteiger partial charge in [0.1, 0.15) is 5.00 Å². The van der Waals surface area contributed by atoms with Crippen LogP contribution in [0.4, 0.5) is 5.00 Å². The number of aliphatic hydroxyl groups is 1. The molecule has 23 heavy (non-hydrogen) atoms. The van der Waals surface area contributed by atoms with Crippen molar-refractivity contribution in [2.24, 2.45) is 0 Å². The number of amides is 1. The number of anilines is 1. The molecule has 1 aromatic carbocycles. The van der Waals surface area contributed by atoms with Crippen LogP contribution in [-0.2, 0) is 6.61 Å². The van der Waals surface area contributed by atoms with E-state index in [1.54, 1.807) is 6.07 Å². The highest BCUT2D eigenvalue weighted by atomic mass is 32.1. The predicted molar refractivity (Wildman–Crippen MR) is 84.7 cm³/mol. The second-order valence-corrected chi connectivity index (χ2v) is 5.58. The van der Waals surface area contributed by atoms with E-state index in [0.717, 1.165) is 11.3 Å². The lowest BCUT2D eigenvalue weighted by molar-refractivity contribution is 0.0698. The average Bonchev–Trinajstić information content (AvgIpc) is 2.97. The van der Waals surface area contributed by atoms with Crippen LogP contribution in [0.15, 0.2) is 24.3 Å². The van der Waals surface area contributed by atoms with Crippen LogP contribution in [0.1, 0.15) is 25.6 Å². The molecule has 0 aliphatic rings. The van der Waals surface area contributed by atoms with Crippen LogP contribution < -0.4 is 14.8 Å². The molecule has 8 heteroatoms. The molecule has 1 aromatic heterocycles. The summed E-state index contributed by atoms with van der Waals surface area (Å²) in [5.74, 6) is -0.793. The molecular formula is C15H15NO6S. The van der Waals surface area contributed by atoms with E-state index in [1.165, 1.54) is 32.4 Å². The summed E-state index contributed by atoms with van der Waals surface area (Å²) in [6.07, 6.45) is 0. The highest BCUT2D eigenvalue weighted by molar-refractivity contribution is 7.16. The maximum absolute atomic E-state index is 12.3. The van der Waals surface area contributed by atoms with Crippen molar-refractivity contribution in [3.05, 3.63) is 40.3 Å². The maximum Gasteiger partial charge on any atom is 0.338 e. The molecule has 0 saturated carbocycles. The van der Waals surface area contributed by atoms with E-state index in [1.807, 2.05) is 0 Å². The second-order valence-electron chi connectivity index (χ2n) is 4.44. The minimum absolute atomic E-state index is 0.0622. The molecule has 0 atom stereocenters. The van der Waals surface area contributed by atoms with Crippen LogP contribution in [0, 0.1) is 0 Å². The molecule has 122 valence electrons. The number of methoxy groups -OCH3 is 2. The lowest BCUT2D eigenvalue weighted by Crippen LogP contribution is -2.13. The van der Waals surface area contributed by atoms with Crippen molar-refractivity contribution in [2.75, 3.05) is 19.5 Å². The van der Waals surface area contributed by atoms with Gasteiger partial charge >= 0.3 is 5.97 Å². The molecule has 3 N–H and O–H groups in total. The molecule has 2 rings (SSSR count). The zero-order valence-electron chi connectivity index (χ0n) is 12.5. The van der Waals surface area contributed by atoms with Gasteiger partial charge in [0, 0.05) is 10.4 Å². The first kappa shape index (κ1) is 16.8. The molecule has 2 aromatic rings. The Kier molecular flexibility index (Phi) is 5.20. The Morgan fingerprint density at radius 3 is 2.43 bits per heavy atom. The van der Waals surface area contributed by atoms with Gasteiger partial charge in [0.15, 0.2) is 11.5 Å². The Bertz CT molecular complexity index is 740. The number of carbonyl (C=O) groups is 2. The van der Waals surface area contributed by atoms with Gasteiger partial charge in [0.05, 0.1) is 26.4 Å². The number of ether oxygens (including phenoxy) is 2. The van der Waals surface area contributed by atoms with Gasteiger partial charge < -0.3 is 25.0 Å². The first-order valence-corrected chi connectivity index (χ1v) is 7.32. The summed E-state index contributed by atoms with van der Waals surface area (Å²) in [5.41, 5.74) is 0.228. The number of hydrogen-bond acceptors (Lipinski definition) is 6. The van der Waals surface area contributed by atoms with Gasteiger partial charge in [-0.15, -0.1) is 11.3 Å². The number of rotatable bonds is 6. The zero-order valence-corrected chi connectivity index (χ0v) is 13.3. The van der Waals surface area contributed by atoms with Gasteiger partial charge in [0.2, 0.25) is 0 Å². The molecule has 0 aliphatic heterocycles. The SMILES string of the molecule is COc1ccc(C(=O)Nc2sc(CO)cc2C(=O)O)cc1OC. The largest absolute Gasteiger partial charge is 0.493 e. The standard InChI is InChI=1S/C15H15NO6S/c1-21-11-4-3-8(5-12(11)22-2)13(18)16-14-10(15(19)20)6-9(7-17)23-14/h3-6,17H,7H2,1-2H3,(H,16,18)(H,19,20). The smallest absolute Gasteiger partial charge is 0.338 e. The van der Waals surface area contributed by atoms with Crippen molar-refractivity contribution in [2.45, 2.75) is 6.61 Å². The third-order valence-corrected chi connectivity index (χ3v) is 4.08. The fraction of sp³-hybridized carbons (Fsp3) is 0.200. The molecule has 0 spiro atoms. The molecule has 0 radical (unpaired) electrons. The van der Waals surface area contributed by atoms with Crippen molar-refractivity contribution >= 4 is 28.2 Å². The fourth-order valence-corrected chi connectivity index (χ4v) is 2.83. The highest BCUT2D eigenvalue weighted by Gasteiger charge is 2.18. The normalized spacial score (nSPS) is 10.2. The predicted octanol–water partition coefficient (Wildman–Crippen LogP) is 2.21. The third kappa shape index (κ3) is 3.61. The minimum atomic E-state index is -1.18. The molecule has 0 fully saturated rings. The average molecular weight is 337 g/mol. The van der Waals surface area contributed by atoms with Crippen molar-refractivity contribution in [1.82, 2.24) is 0 Å². The Balaban J connectivity index is 2.29. The fourth-order valence-electron chi connectivity index (χ4n) is 1.92. The van der Waals surface area contributed by atoms with Gasteiger partial charge in [-0.25, -0.2) is 4.79 Å². The Labute approximate surface area is 136 Å². The molecule has 0 aliphatic carbocycles. The number of benzene rings is 1. The Hall–Kier alpha value is -2.58. The minimum Gasteiger partial charge on any atom is -0.493 e. The van der Waals surface area contributed by atoms with E-state index in [0.29, 0.717) is 16.4 Å². The first-order valence-electron chi connectivity index (χ1n) is 6.50. The number of thiophene rings is 1. The number of hydrogen-bond donors (Lipinski definition) is 3. The van der Waals surface area contributed by atoms with E-state index in [-0.39, 0.29) is 22.7 Å². The van der Waals surface area contributed by atoms with Crippen LogP contribution in [-0.4, -0.2) is 36.3 Å². The molecule has 0 bridgehead atoms. The topological polar surface area (TPSA) is 105 Å². The Morgan fingerprint density at radius 1 is 1.17 bits per heavy atom. The van der Waals surface area contributed by atoms with E-state index in [9.17, 15) is 9.59 Å². The van der Waals surface area contributed by atoms with Crippen molar-refractivity contribution < 1.29 is 29.3 Å². The van der Waals surface area contributed by atoms with Gasteiger partial charge in [0.25, 0.3) is 5.91 Å². The number of carboxylic acids is 1. The molecular weight excluding hydrogens is 322 g/mol. The maximum atomic E-state index is 12.3. The number of carboxylic acid groups (broad SMARTS) is 1. The molecule has 1 heterocycles. The van der Waals surface area contributed by atoms with E-state index in [2.05, 4.69) is 5.32 Å². The van der Waals surface area contributed by atoms with E-state index < -0.39 is 11.9 Å². The number of nitrogens with one attached hydrogen (secondary N) is 1. The first-order chi connectivity index (χ1) is 11.0. The molecule has 7 nitrogen and oxygen atoms in total. The van der Waals surface area contributed by atoms with Crippen molar-refractivity contribution in [3.63, 3.8) is 0 Å². The second kappa shape index (κ2) is 7.12. The summed E-state index contributed by atoms with van der Waals surface area (Å²) in [7, 11) is 2.94. The molecule has 1 amide bonds. The third-order valence-electron chi connectivity index (χ3n) is 3.04. The number of carbonyl (C=O) groups excluding carboxylic acids is 1. The van der Waals surface area contributed by atoms with Crippen LogP contribution in [0.5, 0.6) is 11.5 Å². The van der Waals surface area contributed by atoms with Gasteiger partial charge in [-0.1, -0.05) is 0 Å². The van der Waals surface area contributed by atoms with Crippen LogP contribution in [0.25, 0.3) is 0 Å². The summed E-state index contributed by atoms with van der Waals surface area (Å²) >= 11 is 1.01. The van der Waals surface area contributed by atoms with Crippen LogP contribution in [0.2, 0.25) is 0 Å². The Morgan fingerprint density at radius 2 is 1.87 bits per heavy atom. The lowest BCUT2D eigenvalue weighted by atomic mass is 10.2. The monoisotopic (exact) mass is 337 g/mol. The van der Waals surface area contributed by atoms with E-state index >= 15 is 0 Å². The zero-order chi connectivity index (χ0) is 17.0. The number of aromatic carboxylic acids is 1. The van der Waals surface area contributed by atoms with Crippen LogP contribution >= 0.6 is 11.3 Å². The summed E-state index contributed by atoms with van der Waals surface area (Å²) in [4.78, 5) is 23.9. The summed E-state index contributed by atoms with van der Waals surface area (Å²) in [6.45, 7) is -0.294. The summed E-state index contributed by atoms with van der Waals surface area (Å²) in [5, 5.41) is 21.0. The number of aliphatic hydroxyl groups excluding tert-OH is 1.